The van der Waals surface area contributed by atoms with Gasteiger partial charge in [-0.05, 0) is 37.0 Å². The number of benzene rings is 1. The first-order valence-electron chi connectivity index (χ1n) is 12.8. The van der Waals surface area contributed by atoms with Gasteiger partial charge in [-0.1, -0.05) is 37.3 Å². The van der Waals surface area contributed by atoms with Gasteiger partial charge in [-0.25, -0.2) is 19.6 Å². The molecule has 0 bridgehead atoms. The molecule has 0 radical (unpaired) electrons. The number of methoxy groups -OCH3 is 1. The van der Waals surface area contributed by atoms with Crippen molar-refractivity contribution in [3.63, 3.8) is 0 Å². The van der Waals surface area contributed by atoms with E-state index in [-0.39, 0.29) is 23.3 Å². The van der Waals surface area contributed by atoms with Crippen molar-refractivity contribution < 1.29 is 9.53 Å². The number of anilines is 1. The fraction of sp³-hybridized carbons (Fsp3) is 0.370. The Morgan fingerprint density at radius 2 is 1.97 bits per heavy atom. The molecule has 3 heterocycles. The molecule has 2 N–H and O–H groups in total. The largest absolute Gasteiger partial charge is 0.383 e. The molecular weight excluding hydrogens is 486 g/mol. The molecule has 0 aliphatic heterocycles. The van der Waals surface area contributed by atoms with Crippen molar-refractivity contribution >= 4 is 23.0 Å². The topological polar surface area (TPSA) is 127 Å². The Bertz CT molecular complexity index is 1540. The number of amides is 2. The van der Waals surface area contributed by atoms with Gasteiger partial charge in [-0.15, -0.1) is 0 Å². The van der Waals surface area contributed by atoms with E-state index in [4.69, 9.17) is 4.74 Å². The summed E-state index contributed by atoms with van der Waals surface area (Å²) in [5, 5.41) is 2.92. The van der Waals surface area contributed by atoms with E-state index in [0.717, 1.165) is 24.8 Å². The van der Waals surface area contributed by atoms with E-state index < -0.39 is 0 Å². The van der Waals surface area contributed by atoms with E-state index in [9.17, 15) is 14.4 Å². The number of nitrogens with one attached hydrogen (secondary N) is 2. The third-order valence-corrected chi connectivity index (χ3v) is 6.52. The zero-order valence-corrected chi connectivity index (χ0v) is 21.5. The third-order valence-electron chi connectivity index (χ3n) is 6.52. The van der Waals surface area contributed by atoms with Crippen LogP contribution in [0.3, 0.4) is 0 Å². The number of fused-ring (bicyclic) bond motifs is 1. The number of nitrogens with zero attached hydrogens (tertiary/aromatic N) is 5. The van der Waals surface area contributed by atoms with Crippen molar-refractivity contribution in [2.75, 3.05) is 25.2 Å². The van der Waals surface area contributed by atoms with Crippen LogP contribution in [-0.2, 0) is 17.8 Å². The highest BCUT2D eigenvalue weighted by atomic mass is 16.5. The molecule has 1 fully saturated rings. The summed E-state index contributed by atoms with van der Waals surface area (Å²) < 4.78 is 8.11. The van der Waals surface area contributed by atoms with E-state index in [1.807, 2.05) is 37.3 Å². The number of aromatic amines is 1. The molecule has 38 heavy (non-hydrogen) atoms. The molecule has 1 aromatic carbocycles. The van der Waals surface area contributed by atoms with E-state index in [2.05, 4.69) is 20.3 Å². The zero-order chi connectivity index (χ0) is 26.6. The number of aryl methyl sites for hydroxylation is 1. The van der Waals surface area contributed by atoms with Crippen LogP contribution in [-0.4, -0.2) is 50.4 Å². The molecule has 0 atom stereocenters. The van der Waals surface area contributed by atoms with Gasteiger partial charge in [0.1, 0.15) is 17.2 Å². The van der Waals surface area contributed by atoms with E-state index in [1.54, 1.807) is 30.0 Å². The van der Waals surface area contributed by atoms with Crippen molar-refractivity contribution in [2.45, 2.75) is 45.3 Å². The van der Waals surface area contributed by atoms with Gasteiger partial charge >= 0.3 is 11.7 Å². The minimum atomic E-state index is -0.344. The molecule has 4 aromatic rings. The van der Waals surface area contributed by atoms with Crippen molar-refractivity contribution in [1.29, 1.82) is 0 Å². The van der Waals surface area contributed by atoms with Crippen LogP contribution in [0.25, 0.3) is 22.6 Å². The minimum Gasteiger partial charge on any atom is -0.383 e. The smallest absolute Gasteiger partial charge is 0.333 e. The number of rotatable bonds is 10. The number of ether oxygens (including phenoxy) is 1. The van der Waals surface area contributed by atoms with Gasteiger partial charge in [-0.2, -0.15) is 0 Å². The molecular formula is C27H31N7O4. The van der Waals surface area contributed by atoms with Gasteiger partial charge in [0.15, 0.2) is 5.65 Å². The summed E-state index contributed by atoms with van der Waals surface area (Å²) in [6, 6.07) is 12.8. The average molecular weight is 518 g/mol. The normalized spacial score (nSPS) is 13.1. The standard InChI is InChI=1S/C27H31N7O4/c1-3-13-33-24-22(25(35)34(27(33)37)20-10-11-20)30-23(31-24)19-9-12-21(28-17-19)32(14-15-38-2)26(36)29-16-18-7-5-4-6-8-18/h4-9,12,17,20H,3,10-11,13-16H2,1-2H3,(H,29,36)(H,30,31). The lowest BCUT2D eigenvalue weighted by Gasteiger charge is -2.22. The third kappa shape index (κ3) is 5.10. The molecule has 198 valence electrons. The first kappa shape index (κ1) is 25.4. The fourth-order valence-corrected chi connectivity index (χ4v) is 4.41. The van der Waals surface area contributed by atoms with Crippen LogP contribution < -0.4 is 21.5 Å². The summed E-state index contributed by atoms with van der Waals surface area (Å²) in [6.07, 6.45) is 3.99. The monoisotopic (exact) mass is 517 g/mol. The predicted molar refractivity (Wildman–Crippen MR) is 144 cm³/mol. The second-order valence-corrected chi connectivity index (χ2v) is 9.32. The summed E-state index contributed by atoms with van der Waals surface area (Å²) in [4.78, 5) is 52.9. The summed E-state index contributed by atoms with van der Waals surface area (Å²) in [5.41, 5.74) is 1.63. The molecule has 5 rings (SSSR count). The molecule has 1 aliphatic rings. The lowest BCUT2D eigenvalue weighted by atomic mass is 10.2. The van der Waals surface area contributed by atoms with Gasteiger partial charge in [0, 0.05) is 38.0 Å². The van der Waals surface area contributed by atoms with Gasteiger partial charge in [0.05, 0.1) is 13.2 Å². The number of pyridine rings is 1. The average Bonchev–Trinajstić information content (AvgIpc) is 3.67. The highest BCUT2D eigenvalue weighted by Gasteiger charge is 2.30. The highest BCUT2D eigenvalue weighted by Crippen LogP contribution is 2.32. The van der Waals surface area contributed by atoms with Gasteiger partial charge < -0.3 is 15.0 Å². The first-order valence-corrected chi connectivity index (χ1v) is 12.8. The van der Waals surface area contributed by atoms with Crippen molar-refractivity contribution in [2.24, 2.45) is 0 Å². The van der Waals surface area contributed by atoms with Crippen LogP contribution in [0.15, 0.2) is 58.3 Å². The SMILES string of the molecule is CCCn1c(=O)n(C2CC2)c(=O)c2[nH]c(-c3ccc(N(CCOC)C(=O)NCc4ccccc4)nc3)nc21. The maximum Gasteiger partial charge on any atom is 0.333 e. The van der Waals surface area contributed by atoms with Gasteiger partial charge in [0.2, 0.25) is 0 Å². The Morgan fingerprint density at radius 3 is 2.63 bits per heavy atom. The Balaban J connectivity index is 1.43. The van der Waals surface area contributed by atoms with E-state index >= 15 is 0 Å². The number of urea groups is 1. The van der Waals surface area contributed by atoms with Crippen molar-refractivity contribution in [1.82, 2.24) is 29.4 Å². The Kier molecular flexibility index (Phi) is 7.36. The lowest BCUT2D eigenvalue weighted by Crippen LogP contribution is -2.42. The number of carbonyl (C=O) groups is 1. The number of imidazole rings is 1. The zero-order valence-electron chi connectivity index (χ0n) is 21.5. The molecule has 0 unspecified atom stereocenters. The summed E-state index contributed by atoms with van der Waals surface area (Å²) in [7, 11) is 1.58. The quantitative estimate of drug-likeness (QED) is 0.333. The Labute approximate surface area is 219 Å². The number of hydrogen-bond donors (Lipinski definition) is 2. The van der Waals surface area contributed by atoms with Crippen LogP contribution in [0, 0.1) is 0 Å². The van der Waals surface area contributed by atoms with Crippen LogP contribution >= 0.6 is 0 Å². The number of aromatic nitrogens is 5. The number of carbonyl (C=O) groups excluding carboxylic acids is 1. The van der Waals surface area contributed by atoms with Crippen molar-refractivity contribution in [3.8, 4) is 11.4 Å². The number of hydrogen-bond acceptors (Lipinski definition) is 6. The van der Waals surface area contributed by atoms with E-state index in [1.165, 1.54) is 9.47 Å². The maximum atomic E-state index is 13.1. The molecule has 0 spiro atoms. The second-order valence-electron chi connectivity index (χ2n) is 9.32. The molecule has 3 aromatic heterocycles. The van der Waals surface area contributed by atoms with E-state index in [0.29, 0.717) is 54.6 Å². The number of H-pyrrole nitrogens is 1. The Hall–Kier alpha value is -4.25. The van der Waals surface area contributed by atoms with Crippen LogP contribution in [0.2, 0.25) is 0 Å². The predicted octanol–water partition coefficient (Wildman–Crippen LogP) is 3.06. The van der Waals surface area contributed by atoms with Crippen LogP contribution in [0.4, 0.5) is 10.6 Å². The molecule has 1 aliphatic carbocycles. The highest BCUT2D eigenvalue weighted by molar-refractivity contribution is 5.91. The van der Waals surface area contributed by atoms with Gasteiger partial charge in [-0.3, -0.25) is 18.8 Å². The summed E-state index contributed by atoms with van der Waals surface area (Å²) in [6.45, 7) is 3.49. The molecule has 11 heteroatoms. The first-order chi connectivity index (χ1) is 18.5. The molecule has 1 saturated carbocycles. The summed E-state index contributed by atoms with van der Waals surface area (Å²) >= 11 is 0. The second kappa shape index (κ2) is 11.0. The van der Waals surface area contributed by atoms with Crippen LogP contribution in [0.1, 0.15) is 37.8 Å². The minimum absolute atomic E-state index is 0.0404. The lowest BCUT2D eigenvalue weighted by molar-refractivity contribution is 0.202. The summed E-state index contributed by atoms with van der Waals surface area (Å²) in [5.74, 6) is 0.886. The molecule has 11 nitrogen and oxygen atoms in total. The van der Waals surface area contributed by atoms with Gasteiger partial charge in [0.25, 0.3) is 5.56 Å². The van der Waals surface area contributed by atoms with Crippen molar-refractivity contribution in [3.05, 3.63) is 75.1 Å². The molecule has 2 amide bonds. The Morgan fingerprint density at radius 1 is 1.18 bits per heavy atom. The molecule has 0 saturated heterocycles. The fourth-order valence-electron chi connectivity index (χ4n) is 4.41. The maximum absolute atomic E-state index is 13.1. The van der Waals surface area contributed by atoms with Crippen LogP contribution in [0.5, 0.6) is 0 Å².